The van der Waals surface area contributed by atoms with Gasteiger partial charge in [-0.15, -0.1) is 12.3 Å². The predicted octanol–water partition coefficient (Wildman–Crippen LogP) is 2.43. The van der Waals surface area contributed by atoms with Gasteiger partial charge in [-0.25, -0.2) is 4.79 Å². The lowest BCUT2D eigenvalue weighted by molar-refractivity contribution is -0.137. The molecule has 0 aliphatic rings. The summed E-state index contributed by atoms with van der Waals surface area (Å²) in [6.45, 7) is 1.87. The molecule has 96 valence electrons. The van der Waals surface area contributed by atoms with Crippen LogP contribution in [-0.4, -0.2) is 22.1 Å². The van der Waals surface area contributed by atoms with Crippen LogP contribution in [0.1, 0.15) is 12.1 Å². The Morgan fingerprint density at radius 3 is 2.95 bits per heavy atom. The van der Waals surface area contributed by atoms with Crippen LogP contribution in [0.2, 0.25) is 0 Å². The third kappa shape index (κ3) is 2.83. The van der Waals surface area contributed by atoms with Crippen LogP contribution in [0.3, 0.4) is 0 Å². The summed E-state index contributed by atoms with van der Waals surface area (Å²) in [5.41, 5.74) is 2.40. The molecule has 0 aliphatic carbocycles. The van der Waals surface area contributed by atoms with E-state index < -0.39 is 12.0 Å². The maximum Gasteiger partial charge on any atom is 0.327 e. The van der Waals surface area contributed by atoms with Crippen molar-refractivity contribution in [1.82, 2.24) is 4.98 Å². The zero-order chi connectivity index (χ0) is 13.8. The van der Waals surface area contributed by atoms with E-state index in [4.69, 9.17) is 11.5 Å². The summed E-state index contributed by atoms with van der Waals surface area (Å²) in [5.74, 6) is 1.41. The number of rotatable bonds is 4. The normalized spacial score (nSPS) is 11.8. The van der Waals surface area contributed by atoms with Crippen LogP contribution in [0, 0.1) is 19.3 Å². The third-order valence-electron chi connectivity index (χ3n) is 2.79. The standard InChI is InChI=1S/C15H14N2O2/c1-3-6-13(15(18)19)17-14-9-10(2)16-12-8-5-4-7-11(12)14/h1,4-5,7-9,13H,6H2,2H3,(H,16,17)(H,18,19). The van der Waals surface area contributed by atoms with Crippen LogP contribution in [0.4, 0.5) is 5.69 Å². The highest BCUT2D eigenvalue weighted by Gasteiger charge is 2.17. The largest absolute Gasteiger partial charge is 0.480 e. The molecule has 1 heterocycles. The van der Waals surface area contributed by atoms with Crippen LogP contribution >= 0.6 is 0 Å². The lowest BCUT2D eigenvalue weighted by Crippen LogP contribution is -2.28. The van der Waals surface area contributed by atoms with Gasteiger partial charge in [-0.3, -0.25) is 4.98 Å². The molecule has 2 rings (SSSR count). The molecule has 1 aromatic carbocycles. The molecule has 2 aromatic rings. The molecule has 19 heavy (non-hydrogen) atoms. The van der Waals surface area contributed by atoms with Gasteiger partial charge in [0.25, 0.3) is 0 Å². The van der Waals surface area contributed by atoms with Gasteiger partial charge in [-0.05, 0) is 19.1 Å². The fraction of sp³-hybridized carbons (Fsp3) is 0.200. The van der Waals surface area contributed by atoms with Crippen LogP contribution < -0.4 is 5.32 Å². The lowest BCUT2D eigenvalue weighted by atomic mass is 10.1. The van der Waals surface area contributed by atoms with Gasteiger partial charge in [-0.1, -0.05) is 18.2 Å². The predicted molar refractivity (Wildman–Crippen MR) is 75.0 cm³/mol. The van der Waals surface area contributed by atoms with Crippen molar-refractivity contribution in [2.24, 2.45) is 0 Å². The van der Waals surface area contributed by atoms with Crippen molar-refractivity contribution in [2.75, 3.05) is 5.32 Å². The summed E-state index contributed by atoms with van der Waals surface area (Å²) < 4.78 is 0. The molecule has 4 nitrogen and oxygen atoms in total. The topological polar surface area (TPSA) is 62.2 Å². The number of terminal acetylenes is 1. The highest BCUT2D eigenvalue weighted by molar-refractivity contribution is 5.93. The van der Waals surface area contributed by atoms with E-state index in [0.717, 1.165) is 22.3 Å². The number of fused-ring (bicyclic) bond motifs is 1. The van der Waals surface area contributed by atoms with Crippen molar-refractivity contribution in [2.45, 2.75) is 19.4 Å². The first-order valence-corrected chi connectivity index (χ1v) is 5.91. The number of carbonyl (C=O) groups is 1. The van der Waals surface area contributed by atoms with Crippen LogP contribution in [0.25, 0.3) is 10.9 Å². The number of aromatic nitrogens is 1. The summed E-state index contributed by atoms with van der Waals surface area (Å²) in [7, 11) is 0. The first-order chi connectivity index (χ1) is 9.11. The number of carboxylic acid groups (broad SMARTS) is 1. The van der Waals surface area contributed by atoms with Crippen molar-refractivity contribution in [3.05, 3.63) is 36.0 Å². The highest BCUT2D eigenvalue weighted by atomic mass is 16.4. The minimum Gasteiger partial charge on any atom is -0.480 e. The summed E-state index contributed by atoms with van der Waals surface area (Å²) >= 11 is 0. The molecule has 0 saturated carbocycles. The average Bonchev–Trinajstić information content (AvgIpc) is 2.37. The second-order valence-electron chi connectivity index (χ2n) is 4.27. The Balaban J connectivity index is 2.44. The molecule has 1 aromatic heterocycles. The summed E-state index contributed by atoms with van der Waals surface area (Å²) in [6, 6.07) is 8.61. The van der Waals surface area contributed by atoms with E-state index >= 15 is 0 Å². The number of nitrogens with one attached hydrogen (secondary N) is 1. The zero-order valence-electron chi connectivity index (χ0n) is 10.6. The molecular weight excluding hydrogens is 240 g/mol. The smallest absolute Gasteiger partial charge is 0.327 e. The first-order valence-electron chi connectivity index (χ1n) is 5.91. The molecule has 2 N–H and O–H groups in total. The van der Waals surface area contributed by atoms with Gasteiger partial charge >= 0.3 is 5.97 Å². The van der Waals surface area contributed by atoms with Crippen molar-refractivity contribution in [1.29, 1.82) is 0 Å². The lowest BCUT2D eigenvalue weighted by Gasteiger charge is -2.15. The Morgan fingerprint density at radius 1 is 1.53 bits per heavy atom. The molecule has 0 aliphatic heterocycles. The van der Waals surface area contributed by atoms with Gasteiger partial charge < -0.3 is 10.4 Å². The number of nitrogens with zero attached hydrogens (tertiary/aromatic N) is 1. The Morgan fingerprint density at radius 2 is 2.26 bits per heavy atom. The number of hydrogen-bond acceptors (Lipinski definition) is 3. The fourth-order valence-electron chi connectivity index (χ4n) is 1.93. The number of para-hydroxylation sites is 1. The van der Waals surface area contributed by atoms with Crippen LogP contribution in [-0.2, 0) is 4.79 Å². The minimum atomic E-state index is -0.962. The SMILES string of the molecule is C#CCC(Nc1cc(C)nc2ccccc12)C(=O)O. The number of aryl methyl sites for hydroxylation is 1. The van der Waals surface area contributed by atoms with E-state index in [-0.39, 0.29) is 6.42 Å². The number of anilines is 1. The fourth-order valence-corrected chi connectivity index (χ4v) is 1.93. The highest BCUT2D eigenvalue weighted by Crippen LogP contribution is 2.23. The van der Waals surface area contributed by atoms with E-state index in [2.05, 4.69) is 16.2 Å². The van der Waals surface area contributed by atoms with Gasteiger partial charge in [0.1, 0.15) is 6.04 Å². The minimum absolute atomic E-state index is 0.130. The van der Waals surface area contributed by atoms with Crippen molar-refractivity contribution in [3.63, 3.8) is 0 Å². The van der Waals surface area contributed by atoms with E-state index in [1.807, 2.05) is 37.3 Å². The van der Waals surface area contributed by atoms with E-state index in [1.165, 1.54) is 0 Å². The second kappa shape index (κ2) is 5.40. The van der Waals surface area contributed by atoms with E-state index in [1.54, 1.807) is 0 Å². The van der Waals surface area contributed by atoms with Gasteiger partial charge in [-0.2, -0.15) is 0 Å². The van der Waals surface area contributed by atoms with Gasteiger partial charge in [0.2, 0.25) is 0 Å². The number of benzene rings is 1. The molecular formula is C15H14N2O2. The molecule has 0 amide bonds. The summed E-state index contributed by atoms with van der Waals surface area (Å²) in [5, 5.41) is 13.0. The Labute approximate surface area is 111 Å². The number of carboxylic acids is 1. The van der Waals surface area contributed by atoms with Gasteiger partial charge in [0.05, 0.1) is 5.52 Å². The molecule has 1 unspecified atom stereocenters. The third-order valence-corrected chi connectivity index (χ3v) is 2.79. The quantitative estimate of drug-likeness (QED) is 0.823. The van der Waals surface area contributed by atoms with Crippen molar-refractivity contribution in [3.8, 4) is 12.3 Å². The second-order valence-corrected chi connectivity index (χ2v) is 4.27. The monoisotopic (exact) mass is 254 g/mol. The molecule has 0 fully saturated rings. The van der Waals surface area contributed by atoms with E-state index in [0.29, 0.717) is 0 Å². The maximum absolute atomic E-state index is 11.1. The molecule has 0 spiro atoms. The number of pyridine rings is 1. The molecule has 0 bridgehead atoms. The Hall–Kier alpha value is -2.54. The van der Waals surface area contributed by atoms with Gasteiger partial charge in [0.15, 0.2) is 0 Å². The molecule has 1 atom stereocenters. The summed E-state index contributed by atoms with van der Waals surface area (Å²) in [4.78, 5) is 15.5. The van der Waals surface area contributed by atoms with E-state index in [9.17, 15) is 4.79 Å². The van der Waals surface area contributed by atoms with Crippen LogP contribution in [0.5, 0.6) is 0 Å². The Bertz CT molecular complexity index is 659. The van der Waals surface area contributed by atoms with Crippen molar-refractivity contribution < 1.29 is 9.90 Å². The number of aliphatic carboxylic acids is 1. The summed E-state index contributed by atoms with van der Waals surface area (Å²) in [6.07, 6.45) is 5.33. The first kappa shape index (κ1) is 12.9. The van der Waals surface area contributed by atoms with Crippen LogP contribution in [0.15, 0.2) is 30.3 Å². The van der Waals surface area contributed by atoms with Gasteiger partial charge in [0, 0.05) is 23.2 Å². The zero-order valence-corrected chi connectivity index (χ0v) is 10.6. The Kier molecular flexibility index (Phi) is 3.67. The molecule has 0 radical (unpaired) electrons. The average molecular weight is 254 g/mol. The molecule has 0 saturated heterocycles. The maximum atomic E-state index is 11.1. The molecule has 4 heteroatoms. The number of hydrogen-bond donors (Lipinski definition) is 2. The van der Waals surface area contributed by atoms with Crippen molar-refractivity contribution >= 4 is 22.6 Å².